The summed E-state index contributed by atoms with van der Waals surface area (Å²) < 4.78 is 12.3. The molecule has 1 saturated heterocycles. The van der Waals surface area contributed by atoms with Gasteiger partial charge in [0.1, 0.15) is 5.03 Å². The summed E-state index contributed by atoms with van der Waals surface area (Å²) in [4.78, 5) is 8.73. The molecule has 0 amide bonds. The molecule has 0 bridgehead atoms. The van der Waals surface area contributed by atoms with E-state index in [2.05, 4.69) is 15.3 Å². The van der Waals surface area contributed by atoms with Crippen LogP contribution < -0.4 is 5.32 Å². The van der Waals surface area contributed by atoms with Crippen LogP contribution in [0.5, 0.6) is 0 Å². The number of hydrogen-bond donors (Lipinski definition) is 1. The first-order valence-electron chi connectivity index (χ1n) is 5.68. The van der Waals surface area contributed by atoms with Gasteiger partial charge in [0.2, 0.25) is 0 Å². The summed E-state index contributed by atoms with van der Waals surface area (Å²) in [5.74, 6) is 0. The number of aromatic nitrogens is 2. The fourth-order valence-electron chi connectivity index (χ4n) is 2.02. The van der Waals surface area contributed by atoms with Crippen molar-refractivity contribution < 1.29 is 4.21 Å². The highest BCUT2D eigenvalue weighted by atomic mass is 32.2. The molecule has 0 saturated carbocycles. The predicted molar refractivity (Wildman–Crippen MR) is 67.2 cm³/mol. The monoisotopic (exact) mass is 247 g/mol. The van der Waals surface area contributed by atoms with Gasteiger partial charge in [-0.1, -0.05) is 12.1 Å². The fraction of sp³-hybridized carbons (Fsp3) is 0.333. The molecule has 0 unspecified atom stereocenters. The maximum absolute atomic E-state index is 12.3. The van der Waals surface area contributed by atoms with Crippen molar-refractivity contribution in [2.75, 3.05) is 13.1 Å². The topological polar surface area (TPSA) is 54.9 Å². The lowest BCUT2D eigenvalue weighted by Gasteiger charge is -2.07. The number of para-hydroxylation sites is 2. The van der Waals surface area contributed by atoms with Gasteiger partial charge in [0.25, 0.3) is 0 Å². The van der Waals surface area contributed by atoms with E-state index in [1.807, 2.05) is 24.3 Å². The minimum atomic E-state index is -1.05. The van der Waals surface area contributed by atoms with Crippen LogP contribution in [0.3, 0.4) is 0 Å². The van der Waals surface area contributed by atoms with E-state index in [-0.39, 0.29) is 5.25 Å². The second-order valence-corrected chi connectivity index (χ2v) is 5.79. The van der Waals surface area contributed by atoms with Gasteiger partial charge in [-0.25, -0.2) is 4.98 Å². The van der Waals surface area contributed by atoms with Gasteiger partial charge < -0.3 is 5.32 Å². The number of benzene rings is 1. The smallest absolute Gasteiger partial charge is 0.146 e. The van der Waals surface area contributed by atoms with E-state index >= 15 is 0 Å². The van der Waals surface area contributed by atoms with Crippen LogP contribution in [0.15, 0.2) is 35.5 Å². The van der Waals surface area contributed by atoms with E-state index in [1.165, 1.54) is 0 Å². The quantitative estimate of drug-likeness (QED) is 0.863. The fourth-order valence-corrected chi connectivity index (χ4v) is 3.31. The van der Waals surface area contributed by atoms with E-state index in [4.69, 9.17) is 0 Å². The second-order valence-electron chi connectivity index (χ2n) is 4.11. The van der Waals surface area contributed by atoms with Gasteiger partial charge in [-0.3, -0.25) is 9.19 Å². The summed E-state index contributed by atoms with van der Waals surface area (Å²) >= 11 is 0. The molecule has 1 aromatic heterocycles. The zero-order chi connectivity index (χ0) is 11.7. The molecule has 4 nitrogen and oxygen atoms in total. The molecular formula is C12H13N3OS. The third kappa shape index (κ3) is 2.08. The molecule has 1 N–H and O–H groups in total. The minimum Gasteiger partial charge on any atom is -0.315 e. The van der Waals surface area contributed by atoms with Gasteiger partial charge in [0.05, 0.1) is 33.3 Å². The molecule has 5 heteroatoms. The van der Waals surface area contributed by atoms with Gasteiger partial charge in [0, 0.05) is 6.54 Å². The van der Waals surface area contributed by atoms with E-state index < -0.39 is 10.8 Å². The third-order valence-electron chi connectivity index (χ3n) is 2.95. The van der Waals surface area contributed by atoms with E-state index in [1.54, 1.807) is 6.20 Å². The first kappa shape index (κ1) is 10.8. The molecule has 1 aliphatic heterocycles. The van der Waals surface area contributed by atoms with Crippen LogP contribution in [0.25, 0.3) is 11.0 Å². The maximum atomic E-state index is 12.3. The minimum absolute atomic E-state index is 0.172. The third-order valence-corrected chi connectivity index (χ3v) is 4.57. The maximum Gasteiger partial charge on any atom is 0.146 e. The molecule has 2 atom stereocenters. The van der Waals surface area contributed by atoms with Gasteiger partial charge in [0.15, 0.2) is 0 Å². The average Bonchev–Trinajstić information content (AvgIpc) is 2.91. The second kappa shape index (κ2) is 4.50. The van der Waals surface area contributed by atoms with Crippen LogP contribution >= 0.6 is 0 Å². The molecule has 0 radical (unpaired) electrons. The SMILES string of the molecule is O=[S@@](c1cnc2ccccc2n1)[C@H]1CCNC1. The van der Waals surface area contributed by atoms with E-state index in [9.17, 15) is 4.21 Å². The number of hydrogen-bond acceptors (Lipinski definition) is 4. The summed E-state index contributed by atoms with van der Waals surface area (Å²) in [5, 5.41) is 3.99. The molecule has 1 fully saturated rings. The lowest BCUT2D eigenvalue weighted by atomic mass is 10.3. The Labute approximate surface area is 102 Å². The van der Waals surface area contributed by atoms with Crippen LogP contribution in [0, 0.1) is 0 Å². The lowest BCUT2D eigenvalue weighted by molar-refractivity contribution is 0.669. The largest absolute Gasteiger partial charge is 0.315 e. The van der Waals surface area contributed by atoms with Crippen molar-refractivity contribution in [2.24, 2.45) is 0 Å². The molecule has 0 aliphatic carbocycles. The summed E-state index contributed by atoms with van der Waals surface area (Å²) in [6.45, 7) is 1.75. The molecule has 17 heavy (non-hydrogen) atoms. The Morgan fingerprint density at radius 1 is 1.29 bits per heavy atom. The molecule has 1 aromatic carbocycles. The first-order valence-corrected chi connectivity index (χ1v) is 6.89. The molecular weight excluding hydrogens is 234 g/mol. The van der Waals surface area contributed by atoms with Gasteiger partial charge in [-0.05, 0) is 25.1 Å². The first-order chi connectivity index (χ1) is 8.34. The summed E-state index contributed by atoms with van der Waals surface area (Å²) in [7, 11) is -1.05. The zero-order valence-electron chi connectivity index (χ0n) is 9.30. The molecule has 88 valence electrons. The number of fused-ring (bicyclic) bond motifs is 1. The summed E-state index contributed by atoms with van der Waals surface area (Å²) in [5.41, 5.74) is 1.65. The number of nitrogens with one attached hydrogen (secondary N) is 1. The highest BCUT2D eigenvalue weighted by molar-refractivity contribution is 7.85. The Hall–Kier alpha value is -1.33. The van der Waals surface area contributed by atoms with Crippen molar-refractivity contribution in [2.45, 2.75) is 16.7 Å². The van der Waals surface area contributed by atoms with Crippen LogP contribution in [0.1, 0.15) is 6.42 Å². The number of nitrogens with zero attached hydrogens (tertiary/aromatic N) is 2. The van der Waals surface area contributed by atoms with Crippen molar-refractivity contribution in [1.29, 1.82) is 0 Å². The molecule has 2 heterocycles. The van der Waals surface area contributed by atoms with Crippen LogP contribution in [-0.2, 0) is 10.8 Å². The summed E-state index contributed by atoms with van der Waals surface area (Å²) in [6.07, 6.45) is 2.58. The van der Waals surface area contributed by atoms with Crippen LogP contribution in [0.4, 0.5) is 0 Å². The highest BCUT2D eigenvalue weighted by Crippen LogP contribution is 2.16. The van der Waals surface area contributed by atoms with Crippen molar-refractivity contribution in [1.82, 2.24) is 15.3 Å². The Morgan fingerprint density at radius 2 is 2.12 bits per heavy atom. The van der Waals surface area contributed by atoms with Gasteiger partial charge in [-0.15, -0.1) is 0 Å². The Balaban J connectivity index is 1.97. The Morgan fingerprint density at radius 3 is 2.88 bits per heavy atom. The number of rotatable bonds is 2. The zero-order valence-corrected chi connectivity index (χ0v) is 10.1. The molecule has 3 rings (SSSR count). The molecule has 2 aromatic rings. The van der Waals surface area contributed by atoms with Crippen molar-refractivity contribution in [3.05, 3.63) is 30.5 Å². The van der Waals surface area contributed by atoms with Crippen molar-refractivity contribution in [3.63, 3.8) is 0 Å². The molecule has 1 aliphatic rings. The lowest BCUT2D eigenvalue weighted by Crippen LogP contribution is -2.19. The molecule has 0 spiro atoms. The standard InChI is InChI=1S/C12H13N3OS/c16-17(9-5-6-13-7-9)12-8-14-10-3-1-2-4-11(10)15-12/h1-4,8-9,13H,5-7H2/t9-,17+/m0/s1. The van der Waals surface area contributed by atoms with E-state index in [0.29, 0.717) is 5.03 Å². The Kier molecular flexibility index (Phi) is 2.86. The normalized spacial score (nSPS) is 21.8. The van der Waals surface area contributed by atoms with Gasteiger partial charge in [-0.2, -0.15) is 0 Å². The predicted octanol–water partition coefficient (Wildman–Crippen LogP) is 1.10. The van der Waals surface area contributed by atoms with Crippen LogP contribution in [-0.4, -0.2) is 32.5 Å². The Bertz CT molecular complexity index is 566. The van der Waals surface area contributed by atoms with Crippen LogP contribution in [0.2, 0.25) is 0 Å². The van der Waals surface area contributed by atoms with E-state index in [0.717, 1.165) is 30.5 Å². The summed E-state index contributed by atoms with van der Waals surface area (Å²) in [6, 6.07) is 7.65. The highest BCUT2D eigenvalue weighted by Gasteiger charge is 2.23. The average molecular weight is 247 g/mol. The van der Waals surface area contributed by atoms with Crippen molar-refractivity contribution >= 4 is 21.8 Å². The van der Waals surface area contributed by atoms with Gasteiger partial charge >= 0.3 is 0 Å². The van der Waals surface area contributed by atoms with Crippen molar-refractivity contribution in [3.8, 4) is 0 Å².